The molecule has 19 heavy (non-hydrogen) atoms. The second-order valence-electron chi connectivity index (χ2n) is 4.54. The van der Waals surface area contributed by atoms with Gasteiger partial charge in [-0.3, -0.25) is 0 Å². The van der Waals surface area contributed by atoms with Gasteiger partial charge in [0.15, 0.2) is 6.10 Å². The summed E-state index contributed by atoms with van der Waals surface area (Å²) in [6.07, 6.45) is -1.61. The molecule has 0 spiro atoms. The molecule has 1 aromatic rings. The van der Waals surface area contributed by atoms with E-state index in [-0.39, 0.29) is 24.9 Å². The average Bonchev–Trinajstić information content (AvgIpc) is 2.95. The predicted molar refractivity (Wildman–Crippen MR) is 66.1 cm³/mol. The van der Waals surface area contributed by atoms with Crippen LogP contribution in [0.25, 0.3) is 0 Å². The Kier molecular flexibility index (Phi) is 3.33. The number of nitriles is 1. The van der Waals surface area contributed by atoms with E-state index in [0.29, 0.717) is 22.9 Å². The van der Waals surface area contributed by atoms with Crippen LogP contribution >= 0.6 is 11.6 Å². The number of benzene rings is 1. The molecule has 2 saturated heterocycles. The maximum atomic E-state index is 9.65. The number of rotatable bonds is 2. The molecule has 6 heteroatoms. The Balaban J connectivity index is 1.80. The minimum atomic E-state index is -0.617. The molecule has 2 heterocycles. The minimum Gasteiger partial charge on any atom is -0.484 e. The van der Waals surface area contributed by atoms with Gasteiger partial charge in [-0.05, 0) is 12.1 Å². The monoisotopic (exact) mass is 281 g/mol. The molecule has 2 unspecified atom stereocenters. The first-order valence-corrected chi connectivity index (χ1v) is 6.35. The summed E-state index contributed by atoms with van der Waals surface area (Å²) in [7, 11) is 0. The molecule has 0 amide bonds. The van der Waals surface area contributed by atoms with E-state index in [0.717, 1.165) is 0 Å². The van der Waals surface area contributed by atoms with Crippen LogP contribution in [0.1, 0.15) is 5.56 Å². The van der Waals surface area contributed by atoms with Crippen LogP contribution in [-0.4, -0.2) is 42.7 Å². The van der Waals surface area contributed by atoms with Crippen molar-refractivity contribution in [1.29, 1.82) is 5.26 Å². The molecule has 0 saturated carbocycles. The SMILES string of the molecule is N#Cc1c(Cl)cccc1O[C@@H]1COC2C1OC[C@@H]2O. The van der Waals surface area contributed by atoms with Gasteiger partial charge in [0.2, 0.25) is 0 Å². The number of halogens is 1. The Bertz CT molecular complexity index is 530. The topological polar surface area (TPSA) is 71.7 Å². The fourth-order valence-electron chi connectivity index (χ4n) is 2.42. The summed E-state index contributed by atoms with van der Waals surface area (Å²) in [5.41, 5.74) is 0.297. The van der Waals surface area contributed by atoms with Crippen LogP contribution < -0.4 is 4.74 Å². The molecular formula is C13H12ClNO4. The van der Waals surface area contributed by atoms with Crippen LogP contribution in [0.2, 0.25) is 5.02 Å². The molecule has 2 aliphatic heterocycles. The summed E-state index contributed by atoms with van der Waals surface area (Å²) in [5, 5.41) is 19.1. The fraction of sp³-hybridized carbons (Fsp3) is 0.462. The number of ether oxygens (including phenoxy) is 3. The molecule has 0 aromatic heterocycles. The molecule has 4 atom stereocenters. The average molecular weight is 282 g/mol. The molecule has 5 nitrogen and oxygen atoms in total. The van der Waals surface area contributed by atoms with Gasteiger partial charge < -0.3 is 19.3 Å². The van der Waals surface area contributed by atoms with Crippen molar-refractivity contribution in [3.8, 4) is 11.8 Å². The zero-order chi connectivity index (χ0) is 13.4. The van der Waals surface area contributed by atoms with Crippen molar-refractivity contribution in [2.75, 3.05) is 13.2 Å². The highest BCUT2D eigenvalue weighted by Crippen LogP contribution is 2.32. The second kappa shape index (κ2) is 4.99. The summed E-state index contributed by atoms with van der Waals surface area (Å²) in [6.45, 7) is 0.569. The second-order valence-corrected chi connectivity index (χ2v) is 4.95. The molecular weight excluding hydrogens is 270 g/mol. The summed E-state index contributed by atoms with van der Waals surface area (Å²) in [5.74, 6) is 0.411. The van der Waals surface area contributed by atoms with E-state index in [4.69, 9.17) is 31.1 Å². The van der Waals surface area contributed by atoms with Crippen molar-refractivity contribution in [1.82, 2.24) is 0 Å². The summed E-state index contributed by atoms with van der Waals surface area (Å²) >= 11 is 5.94. The number of aliphatic hydroxyl groups is 1. The number of fused-ring (bicyclic) bond motifs is 1. The third-order valence-corrected chi connectivity index (χ3v) is 3.66. The van der Waals surface area contributed by atoms with Crippen LogP contribution in [0, 0.1) is 11.3 Å². The van der Waals surface area contributed by atoms with E-state index in [1.807, 2.05) is 6.07 Å². The van der Waals surface area contributed by atoms with Gasteiger partial charge in [-0.1, -0.05) is 17.7 Å². The highest BCUT2D eigenvalue weighted by Gasteiger charge is 2.48. The van der Waals surface area contributed by atoms with Crippen molar-refractivity contribution in [3.05, 3.63) is 28.8 Å². The molecule has 3 rings (SSSR count). The summed E-state index contributed by atoms with van der Waals surface area (Å²) in [4.78, 5) is 0. The van der Waals surface area contributed by atoms with E-state index in [1.54, 1.807) is 18.2 Å². The molecule has 100 valence electrons. The van der Waals surface area contributed by atoms with Crippen molar-refractivity contribution >= 4 is 11.6 Å². The van der Waals surface area contributed by atoms with Crippen LogP contribution in [0.5, 0.6) is 5.75 Å². The fourth-order valence-corrected chi connectivity index (χ4v) is 2.63. The lowest BCUT2D eigenvalue weighted by Gasteiger charge is -2.18. The smallest absolute Gasteiger partial charge is 0.151 e. The molecule has 2 fully saturated rings. The quantitative estimate of drug-likeness (QED) is 0.879. The van der Waals surface area contributed by atoms with Crippen LogP contribution in [0.3, 0.4) is 0 Å². The normalized spacial score (nSPS) is 32.9. The maximum Gasteiger partial charge on any atom is 0.151 e. The molecule has 0 radical (unpaired) electrons. The lowest BCUT2D eigenvalue weighted by atomic mass is 10.1. The van der Waals surface area contributed by atoms with E-state index in [2.05, 4.69) is 0 Å². The number of nitrogens with zero attached hydrogens (tertiary/aromatic N) is 1. The Morgan fingerprint density at radius 1 is 1.32 bits per heavy atom. The summed E-state index contributed by atoms with van der Waals surface area (Å²) < 4.78 is 16.7. The van der Waals surface area contributed by atoms with Crippen LogP contribution in [-0.2, 0) is 9.47 Å². The largest absolute Gasteiger partial charge is 0.484 e. The van der Waals surface area contributed by atoms with Gasteiger partial charge in [0, 0.05) is 0 Å². The standard InChI is InChI=1S/C13H12ClNO4/c14-8-2-1-3-10(7(8)4-15)19-11-6-18-12-9(16)5-17-13(11)12/h1-3,9,11-13,16H,5-6H2/t9-,11+,12?,13?/m0/s1. The van der Waals surface area contributed by atoms with E-state index < -0.39 is 6.10 Å². The summed E-state index contributed by atoms with van der Waals surface area (Å²) in [6, 6.07) is 7.06. The lowest BCUT2D eigenvalue weighted by molar-refractivity contribution is 0.00858. The van der Waals surface area contributed by atoms with Gasteiger partial charge in [-0.2, -0.15) is 5.26 Å². The van der Waals surface area contributed by atoms with Gasteiger partial charge in [0.1, 0.15) is 35.7 Å². The Morgan fingerprint density at radius 2 is 2.11 bits per heavy atom. The molecule has 1 N–H and O–H groups in total. The predicted octanol–water partition coefficient (Wildman–Crippen LogP) is 1.12. The minimum absolute atomic E-state index is 0.246. The Morgan fingerprint density at radius 3 is 2.89 bits per heavy atom. The third-order valence-electron chi connectivity index (χ3n) is 3.35. The van der Waals surface area contributed by atoms with Gasteiger partial charge in [-0.15, -0.1) is 0 Å². The highest BCUT2D eigenvalue weighted by molar-refractivity contribution is 6.31. The van der Waals surface area contributed by atoms with E-state index >= 15 is 0 Å². The lowest BCUT2D eigenvalue weighted by Crippen LogP contribution is -2.34. The maximum absolute atomic E-state index is 9.65. The molecule has 2 aliphatic rings. The Labute approximate surface area is 115 Å². The first-order chi connectivity index (χ1) is 9.20. The number of aliphatic hydroxyl groups excluding tert-OH is 1. The first kappa shape index (κ1) is 12.7. The zero-order valence-corrected chi connectivity index (χ0v) is 10.7. The van der Waals surface area contributed by atoms with E-state index in [9.17, 15) is 5.11 Å². The first-order valence-electron chi connectivity index (χ1n) is 5.97. The van der Waals surface area contributed by atoms with Crippen molar-refractivity contribution < 1.29 is 19.3 Å². The Hall–Kier alpha value is -1.32. The van der Waals surface area contributed by atoms with Gasteiger partial charge in [0.05, 0.1) is 18.2 Å². The van der Waals surface area contributed by atoms with Gasteiger partial charge >= 0.3 is 0 Å². The molecule has 1 aromatic carbocycles. The molecule has 0 bridgehead atoms. The van der Waals surface area contributed by atoms with Gasteiger partial charge in [0.25, 0.3) is 0 Å². The van der Waals surface area contributed by atoms with Crippen molar-refractivity contribution in [2.24, 2.45) is 0 Å². The number of hydrogen-bond acceptors (Lipinski definition) is 5. The van der Waals surface area contributed by atoms with Crippen LogP contribution in [0.15, 0.2) is 18.2 Å². The van der Waals surface area contributed by atoms with Gasteiger partial charge in [-0.25, -0.2) is 0 Å². The number of hydrogen-bond donors (Lipinski definition) is 1. The van der Waals surface area contributed by atoms with Crippen molar-refractivity contribution in [2.45, 2.75) is 24.4 Å². The third kappa shape index (κ3) is 2.17. The highest BCUT2D eigenvalue weighted by atomic mass is 35.5. The molecule has 0 aliphatic carbocycles. The van der Waals surface area contributed by atoms with E-state index in [1.165, 1.54) is 0 Å². The zero-order valence-electron chi connectivity index (χ0n) is 9.95. The van der Waals surface area contributed by atoms with Crippen molar-refractivity contribution in [3.63, 3.8) is 0 Å². The van der Waals surface area contributed by atoms with Crippen LogP contribution in [0.4, 0.5) is 0 Å².